The number of methoxy groups -OCH3 is 2. The topological polar surface area (TPSA) is 58.1 Å². The van der Waals surface area contributed by atoms with Crippen LogP contribution in [0.4, 0.5) is 0 Å². The SMILES string of the molecule is CCNC(=NCC(C)(C)OC)NCC(c1ccccc1OC)N1CCCC1. The molecule has 1 aromatic carbocycles. The molecule has 152 valence electrons. The lowest BCUT2D eigenvalue weighted by atomic mass is 10.0. The van der Waals surface area contributed by atoms with Crippen molar-refractivity contribution in [1.82, 2.24) is 15.5 Å². The average Bonchev–Trinajstić information content (AvgIpc) is 3.21. The summed E-state index contributed by atoms with van der Waals surface area (Å²) in [5, 5.41) is 6.87. The van der Waals surface area contributed by atoms with E-state index < -0.39 is 0 Å². The highest BCUT2D eigenvalue weighted by Crippen LogP contribution is 2.31. The van der Waals surface area contributed by atoms with Gasteiger partial charge in [0.1, 0.15) is 5.75 Å². The van der Waals surface area contributed by atoms with Crippen LogP contribution in [-0.4, -0.2) is 63.4 Å². The van der Waals surface area contributed by atoms with Crippen LogP contribution in [0.3, 0.4) is 0 Å². The summed E-state index contributed by atoms with van der Waals surface area (Å²) in [4.78, 5) is 7.25. The van der Waals surface area contributed by atoms with Gasteiger partial charge < -0.3 is 20.1 Å². The lowest BCUT2D eigenvalue weighted by Gasteiger charge is -2.30. The fourth-order valence-corrected chi connectivity index (χ4v) is 3.30. The van der Waals surface area contributed by atoms with E-state index in [1.165, 1.54) is 18.4 Å². The molecule has 1 unspecified atom stereocenters. The molecule has 2 N–H and O–H groups in total. The Morgan fingerprint density at radius 2 is 1.89 bits per heavy atom. The maximum absolute atomic E-state index is 5.63. The molecule has 1 atom stereocenters. The van der Waals surface area contributed by atoms with Crippen LogP contribution in [0.5, 0.6) is 5.75 Å². The van der Waals surface area contributed by atoms with Gasteiger partial charge in [-0.2, -0.15) is 0 Å². The molecule has 0 aliphatic carbocycles. The molecule has 1 aromatic rings. The van der Waals surface area contributed by atoms with Crippen molar-refractivity contribution in [1.29, 1.82) is 0 Å². The molecule has 6 heteroatoms. The Labute approximate surface area is 164 Å². The van der Waals surface area contributed by atoms with Crippen LogP contribution < -0.4 is 15.4 Å². The second-order valence-electron chi connectivity index (χ2n) is 7.54. The van der Waals surface area contributed by atoms with Gasteiger partial charge in [0.25, 0.3) is 0 Å². The molecule has 0 radical (unpaired) electrons. The molecular weight excluding hydrogens is 340 g/mol. The van der Waals surface area contributed by atoms with E-state index in [0.717, 1.165) is 37.9 Å². The van der Waals surface area contributed by atoms with Crippen LogP contribution >= 0.6 is 0 Å². The third-order valence-corrected chi connectivity index (χ3v) is 5.06. The first-order valence-corrected chi connectivity index (χ1v) is 9.95. The summed E-state index contributed by atoms with van der Waals surface area (Å²) < 4.78 is 11.1. The van der Waals surface area contributed by atoms with Gasteiger partial charge in [0.15, 0.2) is 5.96 Å². The normalized spacial score (nSPS) is 17.0. The maximum atomic E-state index is 5.63. The quantitative estimate of drug-likeness (QED) is 0.513. The molecule has 0 saturated carbocycles. The van der Waals surface area contributed by atoms with Gasteiger partial charge in [-0.1, -0.05) is 18.2 Å². The standard InChI is InChI=1S/C21H36N4O2/c1-6-22-20(24-16-21(2,3)27-5)23-15-18(25-13-9-10-14-25)17-11-7-8-12-19(17)26-4/h7-8,11-12,18H,6,9-10,13-16H2,1-5H3,(H2,22,23,24). The highest BCUT2D eigenvalue weighted by Gasteiger charge is 2.26. The molecule has 1 aliphatic rings. The number of guanidine groups is 1. The van der Waals surface area contributed by atoms with E-state index in [2.05, 4.69) is 34.6 Å². The van der Waals surface area contributed by atoms with Crippen molar-refractivity contribution >= 4 is 5.96 Å². The van der Waals surface area contributed by atoms with Crippen LogP contribution in [-0.2, 0) is 4.74 Å². The van der Waals surface area contributed by atoms with Crippen molar-refractivity contribution < 1.29 is 9.47 Å². The number of para-hydroxylation sites is 1. The van der Waals surface area contributed by atoms with Crippen molar-refractivity contribution in [2.75, 3.05) is 46.9 Å². The Balaban J connectivity index is 2.15. The van der Waals surface area contributed by atoms with Gasteiger partial charge in [-0.25, -0.2) is 0 Å². The van der Waals surface area contributed by atoms with Gasteiger partial charge in [0.05, 0.1) is 25.3 Å². The van der Waals surface area contributed by atoms with Gasteiger partial charge >= 0.3 is 0 Å². The number of nitrogens with one attached hydrogen (secondary N) is 2. The lowest BCUT2D eigenvalue weighted by molar-refractivity contribution is 0.0310. The Kier molecular flexibility index (Phi) is 8.38. The van der Waals surface area contributed by atoms with Crippen molar-refractivity contribution in [3.8, 4) is 5.75 Å². The van der Waals surface area contributed by atoms with Crippen molar-refractivity contribution in [2.45, 2.75) is 45.3 Å². The first kappa shape index (κ1) is 21.5. The summed E-state index contributed by atoms with van der Waals surface area (Å²) in [6.07, 6.45) is 2.50. The van der Waals surface area contributed by atoms with E-state index in [1.54, 1.807) is 14.2 Å². The second kappa shape index (κ2) is 10.5. The van der Waals surface area contributed by atoms with Gasteiger partial charge in [-0.05, 0) is 52.8 Å². The number of ether oxygens (including phenoxy) is 2. The number of nitrogens with zero attached hydrogens (tertiary/aromatic N) is 2. The summed E-state index contributed by atoms with van der Waals surface area (Å²) in [6, 6.07) is 8.57. The molecule has 27 heavy (non-hydrogen) atoms. The minimum atomic E-state index is -0.278. The predicted molar refractivity (Wildman–Crippen MR) is 112 cm³/mol. The first-order valence-electron chi connectivity index (χ1n) is 9.95. The molecule has 0 amide bonds. The highest BCUT2D eigenvalue weighted by molar-refractivity contribution is 5.79. The van der Waals surface area contributed by atoms with Crippen LogP contribution in [0.15, 0.2) is 29.3 Å². The Morgan fingerprint density at radius 1 is 1.19 bits per heavy atom. The summed E-state index contributed by atoms with van der Waals surface area (Å²) in [5.41, 5.74) is 0.946. The fourth-order valence-electron chi connectivity index (χ4n) is 3.30. The largest absolute Gasteiger partial charge is 0.496 e. The molecule has 1 saturated heterocycles. The fraction of sp³-hybridized carbons (Fsp3) is 0.667. The van der Waals surface area contributed by atoms with Crippen LogP contribution in [0.25, 0.3) is 0 Å². The van der Waals surface area contributed by atoms with Crippen LogP contribution in [0.1, 0.15) is 45.2 Å². The van der Waals surface area contributed by atoms with Gasteiger partial charge in [-0.3, -0.25) is 9.89 Å². The van der Waals surface area contributed by atoms with E-state index in [-0.39, 0.29) is 11.6 Å². The molecule has 2 rings (SSSR count). The van der Waals surface area contributed by atoms with E-state index in [0.29, 0.717) is 6.54 Å². The molecule has 1 fully saturated rings. The van der Waals surface area contributed by atoms with Gasteiger partial charge in [0.2, 0.25) is 0 Å². The molecule has 1 aliphatic heterocycles. The lowest BCUT2D eigenvalue weighted by Crippen LogP contribution is -2.43. The Bertz CT molecular complexity index is 598. The summed E-state index contributed by atoms with van der Waals surface area (Å²) in [6.45, 7) is 10.6. The second-order valence-corrected chi connectivity index (χ2v) is 7.54. The minimum absolute atomic E-state index is 0.253. The Hall–Kier alpha value is -1.79. The molecule has 0 bridgehead atoms. The van der Waals surface area contributed by atoms with Crippen LogP contribution in [0.2, 0.25) is 0 Å². The molecule has 1 heterocycles. The number of benzene rings is 1. The number of rotatable bonds is 9. The zero-order chi connectivity index (χ0) is 19.7. The maximum Gasteiger partial charge on any atom is 0.191 e. The highest BCUT2D eigenvalue weighted by atomic mass is 16.5. The molecule has 0 aromatic heterocycles. The number of aliphatic imine (C=N–C) groups is 1. The van der Waals surface area contributed by atoms with Crippen molar-refractivity contribution in [2.24, 2.45) is 4.99 Å². The molecular formula is C21H36N4O2. The minimum Gasteiger partial charge on any atom is -0.496 e. The first-order chi connectivity index (χ1) is 13.0. The summed E-state index contributed by atoms with van der Waals surface area (Å²) in [7, 11) is 3.46. The summed E-state index contributed by atoms with van der Waals surface area (Å²) in [5.74, 6) is 1.76. The zero-order valence-electron chi connectivity index (χ0n) is 17.5. The third kappa shape index (κ3) is 6.40. The number of hydrogen-bond acceptors (Lipinski definition) is 4. The Morgan fingerprint density at radius 3 is 2.52 bits per heavy atom. The van der Waals surface area contributed by atoms with E-state index in [4.69, 9.17) is 14.5 Å². The number of likely N-dealkylation sites (tertiary alicyclic amines) is 1. The van der Waals surface area contributed by atoms with Gasteiger partial charge in [-0.15, -0.1) is 0 Å². The smallest absolute Gasteiger partial charge is 0.191 e. The monoisotopic (exact) mass is 376 g/mol. The average molecular weight is 377 g/mol. The van der Waals surface area contributed by atoms with E-state index >= 15 is 0 Å². The van der Waals surface area contributed by atoms with Crippen molar-refractivity contribution in [3.63, 3.8) is 0 Å². The van der Waals surface area contributed by atoms with Crippen molar-refractivity contribution in [3.05, 3.63) is 29.8 Å². The predicted octanol–water partition coefficient (Wildman–Crippen LogP) is 2.81. The molecule has 0 spiro atoms. The zero-order valence-corrected chi connectivity index (χ0v) is 17.5. The third-order valence-electron chi connectivity index (χ3n) is 5.06. The number of hydrogen-bond donors (Lipinski definition) is 2. The molecule has 6 nitrogen and oxygen atoms in total. The van der Waals surface area contributed by atoms with E-state index in [9.17, 15) is 0 Å². The van der Waals surface area contributed by atoms with Gasteiger partial charge in [0, 0.05) is 25.8 Å². The summed E-state index contributed by atoms with van der Waals surface area (Å²) >= 11 is 0. The van der Waals surface area contributed by atoms with Crippen LogP contribution in [0, 0.1) is 0 Å². The van der Waals surface area contributed by atoms with E-state index in [1.807, 2.05) is 26.0 Å².